The number of carbonyl (C=O) groups is 1. The Labute approximate surface area is 276 Å². The van der Waals surface area contributed by atoms with E-state index in [-0.39, 0.29) is 5.78 Å². The van der Waals surface area contributed by atoms with E-state index in [1.807, 2.05) is 18.2 Å². The van der Waals surface area contributed by atoms with Crippen molar-refractivity contribution in [3.63, 3.8) is 0 Å². The molecule has 11 rings (SSSR count). The van der Waals surface area contributed by atoms with E-state index in [1.54, 1.807) is 0 Å². The molecule has 2 aliphatic carbocycles. The molecule has 1 heterocycles. The fraction of sp³-hybridized carbons (Fsp3) is 0.0217. The number of ketones is 1. The Morgan fingerprint density at radius 2 is 1.04 bits per heavy atom. The van der Waals surface area contributed by atoms with Crippen LogP contribution in [0.5, 0.6) is 0 Å². The van der Waals surface area contributed by atoms with Gasteiger partial charge in [-0.05, 0) is 102 Å². The highest BCUT2D eigenvalue weighted by molar-refractivity contribution is 6.20. The van der Waals surface area contributed by atoms with Crippen LogP contribution in [0, 0.1) is 0 Å². The Morgan fingerprint density at radius 1 is 0.396 bits per heavy atom. The standard InChI is InChI=1S/C46H26O2/c47-45-34-16-6-7-19-40(34)46(30-14-2-1-3-15-30,41-23-29-11-5-4-10-28(29)22-39(41)45)31-20-21-42-37(24-31)38-25-35-32-17-8-12-27-13-9-18-33(44(27)32)36(35)26-43(38)48-42/h1-26H. The molecule has 0 saturated heterocycles. The zero-order valence-electron chi connectivity index (χ0n) is 25.8. The molecule has 0 radical (unpaired) electrons. The fourth-order valence-corrected chi connectivity index (χ4v) is 8.81. The molecule has 9 aromatic rings. The zero-order valence-corrected chi connectivity index (χ0v) is 25.8. The molecule has 1 unspecified atom stereocenters. The van der Waals surface area contributed by atoms with Gasteiger partial charge in [0, 0.05) is 21.9 Å². The SMILES string of the molecule is O=C1c2ccccc2C(c2ccccc2)(c2ccc3oc4cc5c(cc4c3c2)-c2cccc3cccc-5c23)c2cc3ccccc3cc21. The number of hydrogen-bond donors (Lipinski definition) is 0. The summed E-state index contributed by atoms with van der Waals surface area (Å²) in [5.74, 6) is 0.0667. The van der Waals surface area contributed by atoms with E-state index in [2.05, 4.69) is 140 Å². The van der Waals surface area contributed by atoms with Gasteiger partial charge in [0.05, 0.1) is 5.41 Å². The third-order valence-corrected chi connectivity index (χ3v) is 10.8. The first-order valence-corrected chi connectivity index (χ1v) is 16.5. The van der Waals surface area contributed by atoms with Gasteiger partial charge in [0.15, 0.2) is 5.78 Å². The lowest BCUT2D eigenvalue weighted by atomic mass is 9.59. The summed E-state index contributed by atoms with van der Waals surface area (Å²) in [7, 11) is 0. The summed E-state index contributed by atoms with van der Waals surface area (Å²) in [6, 6.07) is 55.8. The maximum Gasteiger partial charge on any atom is 0.193 e. The summed E-state index contributed by atoms with van der Waals surface area (Å²) in [6.07, 6.45) is 0. The van der Waals surface area contributed by atoms with Crippen LogP contribution in [0.4, 0.5) is 0 Å². The van der Waals surface area contributed by atoms with Crippen LogP contribution in [-0.2, 0) is 5.41 Å². The molecule has 8 aromatic carbocycles. The fourth-order valence-electron chi connectivity index (χ4n) is 8.81. The van der Waals surface area contributed by atoms with Crippen molar-refractivity contribution in [1.82, 2.24) is 0 Å². The van der Waals surface area contributed by atoms with E-state index in [9.17, 15) is 4.79 Å². The lowest BCUT2D eigenvalue weighted by Gasteiger charge is -2.42. The van der Waals surface area contributed by atoms with Crippen LogP contribution >= 0.6 is 0 Å². The third-order valence-electron chi connectivity index (χ3n) is 10.8. The molecule has 0 amide bonds. The summed E-state index contributed by atoms with van der Waals surface area (Å²) in [4.78, 5) is 14.3. The number of fused-ring (bicyclic) bond motifs is 9. The van der Waals surface area contributed by atoms with Gasteiger partial charge in [0.1, 0.15) is 11.2 Å². The quantitative estimate of drug-likeness (QED) is 0.195. The van der Waals surface area contributed by atoms with E-state index in [4.69, 9.17) is 4.42 Å². The van der Waals surface area contributed by atoms with Gasteiger partial charge in [-0.3, -0.25) is 4.79 Å². The molecule has 222 valence electrons. The van der Waals surface area contributed by atoms with Crippen LogP contribution in [0.3, 0.4) is 0 Å². The minimum atomic E-state index is -0.735. The summed E-state index contributed by atoms with van der Waals surface area (Å²) >= 11 is 0. The van der Waals surface area contributed by atoms with Crippen LogP contribution in [0.2, 0.25) is 0 Å². The van der Waals surface area contributed by atoms with Crippen molar-refractivity contribution in [3.8, 4) is 22.3 Å². The molecule has 0 bridgehead atoms. The van der Waals surface area contributed by atoms with Crippen molar-refractivity contribution < 1.29 is 9.21 Å². The molecule has 0 aliphatic heterocycles. The van der Waals surface area contributed by atoms with E-state index in [1.165, 1.54) is 33.0 Å². The molecular weight excluding hydrogens is 585 g/mol. The van der Waals surface area contributed by atoms with Crippen molar-refractivity contribution in [2.45, 2.75) is 5.41 Å². The predicted octanol–water partition coefficient (Wildman–Crippen LogP) is 11.5. The first-order chi connectivity index (χ1) is 23.7. The van der Waals surface area contributed by atoms with Gasteiger partial charge in [-0.15, -0.1) is 0 Å². The summed E-state index contributed by atoms with van der Waals surface area (Å²) in [6.45, 7) is 0. The number of furan rings is 1. The van der Waals surface area contributed by atoms with E-state index >= 15 is 0 Å². The third kappa shape index (κ3) is 3.19. The minimum absolute atomic E-state index is 0.0667. The topological polar surface area (TPSA) is 30.2 Å². The molecular formula is C46H26O2. The molecule has 2 nitrogen and oxygen atoms in total. The van der Waals surface area contributed by atoms with E-state index in [0.29, 0.717) is 0 Å². The largest absolute Gasteiger partial charge is 0.456 e. The van der Waals surface area contributed by atoms with Gasteiger partial charge in [-0.1, -0.05) is 121 Å². The van der Waals surface area contributed by atoms with Crippen molar-refractivity contribution in [1.29, 1.82) is 0 Å². The lowest BCUT2D eigenvalue weighted by molar-refractivity contribution is 0.103. The average Bonchev–Trinajstić information content (AvgIpc) is 3.66. The first-order valence-electron chi connectivity index (χ1n) is 16.5. The van der Waals surface area contributed by atoms with Crippen molar-refractivity contribution in [3.05, 3.63) is 191 Å². The maximum absolute atomic E-state index is 14.3. The minimum Gasteiger partial charge on any atom is -0.456 e. The second kappa shape index (κ2) is 9.18. The Bertz CT molecular complexity index is 2850. The van der Waals surface area contributed by atoms with Gasteiger partial charge in [-0.25, -0.2) is 0 Å². The molecule has 0 fully saturated rings. The Kier molecular flexibility index (Phi) is 4.95. The molecule has 0 N–H and O–H groups in total. The Morgan fingerprint density at radius 3 is 1.85 bits per heavy atom. The van der Waals surface area contributed by atoms with Crippen molar-refractivity contribution in [2.75, 3.05) is 0 Å². The highest BCUT2D eigenvalue weighted by atomic mass is 16.3. The van der Waals surface area contributed by atoms with Crippen molar-refractivity contribution in [2.24, 2.45) is 0 Å². The molecule has 2 heteroatoms. The van der Waals surface area contributed by atoms with E-state index < -0.39 is 5.41 Å². The summed E-state index contributed by atoms with van der Waals surface area (Å²) < 4.78 is 6.61. The van der Waals surface area contributed by atoms with Crippen LogP contribution < -0.4 is 0 Å². The summed E-state index contributed by atoms with van der Waals surface area (Å²) in [5, 5.41) is 6.91. The molecule has 2 aliphatic rings. The second-order valence-electron chi connectivity index (χ2n) is 13.2. The maximum atomic E-state index is 14.3. The molecule has 1 aromatic heterocycles. The van der Waals surface area contributed by atoms with Crippen LogP contribution in [0.1, 0.15) is 38.2 Å². The number of rotatable bonds is 2. The number of hydrogen-bond acceptors (Lipinski definition) is 2. The zero-order chi connectivity index (χ0) is 31.6. The summed E-state index contributed by atoms with van der Waals surface area (Å²) in [5.41, 5.74) is 11.7. The van der Waals surface area contributed by atoms with Gasteiger partial charge in [-0.2, -0.15) is 0 Å². The molecule has 48 heavy (non-hydrogen) atoms. The predicted molar refractivity (Wildman–Crippen MR) is 195 cm³/mol. The second-order valence-corrected chi connectivity index (χ2v) is 13.2. The number of carbonyl (C=O) groups excluding carboxylic acids is 1. The van der Waals surface area contributed by atoms with Crippen molar-refractivity contribution >= 4 is 49.3 Å². The monoisotopic (exact) mass is 610 g/mol. The van der Waals surface area contributed by atoms with E-state index in [0.717, 1.165) is 66.1 Å². The normalized spacial score (nSPS) is 16.0. The van der Waals surface area contributed by atoms with Gasteiger partial charge >= 0.3 is 0 Å². The van der Waals surface area contributed by atoms with Gasteiger partial charge in [0.2, 0.25) is 0 Å². The average molecular weight is 611 g/mol. The number of benzene rings is 8. The molecule has 0 saturated carbocycles. The smallest absolute Gasteiger partial charge is 0.193 e. The highest BCUT2D eigenvalue weighted by Gasteiger charge is 2.46. The Balaban J connectivity index is 1.25. The molecule has 0 spiro atoms. The van der Waals surface area contributed by atoms with Gasteiger partial charge < -0.3 is 4.42 Å². The lowest BCUT2D eigenvalue weighted by Crippen LogP contribution is -2.38. The molecule has 1 atom stereocenters. The van der Waals surface area contributed by atoms with Crippen LogP contribution in [0.15, 0.2) is 162 Å². The first kappa shape index (κ1) is 25.9. The van der Waals surface area contributed by atoms with Crippen LogP contribution in [0.25, 0.3) is 65.7 Å². The Hall–Kier alpha value is -6.25. The van der Waals surface area contributed by atoms with Crippen LogP contribution in [-0.4, -0.2) is 5.78 Å². The van der Waals surface area contributed by atoms with Gasteiger partial charge in [0.25, 0.3) is 0 Å². The highest BCUT2D eigenvalue weighted by Crippen LogP contribution is 2.53.